The summed E-state index contributed by atoms with van der Waals surface area (Å²) >= 11 is 1.82. The lowest BCUT2D eigenvalue weighted by molar-refractivity contribution is 0.357. The third-order valence-electron chi connectivity index (χ3n) is 4.32. The van der Waals surface area contributed by atoms with Gasteiger partial charge in [0.1, 0.15) is 11.6 Å². The molecule has 0 saturated heterocycles. The number of hydrogen-bond acceptors (Lipinski definition) is 3. The molecule has 0 bridgehead atoms. The van der Waals surface area contributed by atoms with Crippen LogP contribution in [0.1, 0.15) is 29.2 Å². The molecule has 0 spiro atoms. The van der Waals surface area contributed by atoms with Crippen molar-refractivity contribution in [1.29, 1.82) is 0 Å². The Morgan fingerprint density at radius 1 is 1.23 bits per heavy atom. The van der Waals surface area contributed by atoms with Crippen LogP contribution in [0.15, 0.2) is 41.3 Å². The molecule has 2 nitrogen and oxygen atoms in total. The molecule has 2 heterocycles. The minimum Gasteiger partial charge on any atom is -0.493 e. The highest BCUT2D eigenvalue weighted by molar-refractivity contribution is 7.99. The third kappa shape index (κ3) is 2.73. The van der Waals surface area contributed by atoms with Crippen molar-refractivity contribution in [3.63, 3.8) is 0 Å². The average Bonchev–Trinajstić information content (AvgIpc) is 3.00. The highest BCUT2D eigenvalue weighted by Crippen LogP contribution is 2.36. The van der Waals surface area contributed by atoms with Gasteiger partial charge in [-0.1, -0.05) is 12.1 Å². The molecule has 2 aliphatic rings. The van der Waals surface area contributed by atoms with Crippen LogP contribution in [0, 0.1) is 5.82 Å². The summed E-state index contributed by atoms with van der Waals surface area (Å²) in [6.45, 7) is 1.59. The third-order valence-corrected chi connectivity index (χ3v) is 5.44. The van der Waals surface area contributed by atoms with E-state index in [1.54, 1.807) is 12.1 Å². The molecule has 0 radical (unpaired) electrons. The molecule has 2 aromatic rings. The predicted molar refractivity (Wildman–Crippen MR) is 87.0 cm³/mol. The molecule has 0 aliphatic carbocycles. The van der Waals surface area contributed by atoms with Gasteiger partial charge in [0.25, 0.3) is 0 Å². The summed E-state index contributed by atoms with van der Waals surface area (Å²) in [6, 6.07) is 11.8. The monoisotopic (exact) mass is 315 g/mol. The number of fused-ring (bicyclic) bond motifs is 2. The molecule has 4 rings (SSSR count). The second kappa shape index (κ2) is 5.94. The van der Waals surface area contributed by atoms with E-state index in [0.29, 0.717) is 0 Å². The van der Waals surface area contributed by atoms with Crippen LogP contribution in [0.25, 0.3) is 0 Å². The summed E-state index contributed by atoms with van der Waals surface area (Å²) in [5.74, 6) is 1.95. The van der Waals surface area contributed by atoms with Gasteiger partial charge in [0.15, 0.2) is 0 Å². The lowest BCUT2D eigenvalue weighted by Gasteiger charge is -2.26. The van der Waals surface area contributed by atoms with Gasteiger partial charge in [0.05, 0.1) is 6.61 Å². The second-order valence-electron chi connectivity index (χ2n) is 5.79. The highest BCUT2D eigenvalue weighted by atomic mass is 32.2. The van der Waals surface area contributed by atoms with Gasteiger partial charge >= 0.3 is 0 Å². The van der Waals surface area contributed by atoms with Gasteiger partial charge < -0.3 is 10.1 Å². The molecule has 1 N–H and O–H groups in total. The van der Waals surface area contributed by atoms with E-state index in [-0.39, 0.29) is 11.9 Å². The topological polar surface area (TPSA) is 21.3 Å². The Balaban J connectivity index is 1.50. The zero-order chi connectivity index (χ0) is 14.9. The van der Waals surface area contributed by atoms with Crippen LogP contribution >= 0.6 is 11.8 Å². The normalized spacial score (nSPS) is 19.4. The molecular weight excluding hydrogens is 297 g/mol. The molecular formula is C18H18FNOS. The van der Waals surface area contributed by atoms with Crippen LogP contribution in [0.2, 0.25) is 0 Å². The SMILES string of the molecule is Fc1ccc2c(c1)C(NCc1ccc3c(c1)CCO3)CCS2. The molecule has 22 heavy (non-hydrogen) atoms. The van der Waals surface area contributed by atoms with Crippen LogP contribution < -0.4 is 10.1 Å². The molecule has 1 unspecified atom stereocenters. The van der Waals surface area contributed by atoms with Crippen LogP contribution in [0.5, 0.6) is 5.75 Å². The van der Waals surface area contributed by atoms with E-state index in [9.17, 15) is 4.39 Å². The Hall–Kier alpha value is -1.52. The first kappa shape index (κ1) is 14.1. The predicted octanol–water partition coefficient (Wildman–Crippen LogP) is 4.09. The van der Waals surface area contributed by atoms with Crippen molar-refractivity contribution in [2.75, 3.05) is 12.4 Å². The molecule has 2 aliphatic heterocycles. The Bertz CT molecular complexity index is 703. The standard InChI is InChI=1S/C18H18FNOS/c19-14-2-4-18-15(10-14)16(6-8-22-18)20-11-12-1-3-17-13(9-12)5-7-21-17/h1-4,9-10,16,20H,5-8,11H2. The van der Waals surface area contributed by atoms with Crippen molar-refractivity contribution in [2.24, 2.45) is 0 Å². The first-order valence-electron chi connectivity index (χ1n) is 7.70. The Morgan fingerprint density at radius 3 is 3.14 bits per heavy atom. The number of rotatable bonds is 3. The number of halogens is 1. The summed E-state index contributed by atoms with van der Waals surface area (Å²) in [7, 11) is 0. The number of ether oxygens (including phenoxy) is 1. The summed E-state index contributed by atoms with van der Waals surface area (Å²) in [4.78, 5) is 1.20. The van der Waals surface area contributed by atoms with Crippen LogP contribution in [-0.4, -0.2) is 12.4 Å². The van der Waals surface area contributed by atoms with Crippen molar-refractivity contribution in [1.82, 2.24) is 5.32 Å². The molecule has 4 heteroatoms. The highest BCUT2D eigenvalue weighted by Gasteiger charge is 2.21. The lowest BCUT2D eigenvalue weighted by Crippen LogP contribution is -2.24. The molecule has 0 aromatic heterocycles. The average molecular weight is 315 g/mol. The maximum Gasteiger partial charge on any atom is 0.123 e. The van der Waals surface area contributed by atoms with Crippen LogP contribution in [0.4, 0.5) is 4.39 Å². The lowest BCUT2D eigenvalue weighted by atomic mass is 10.0. The van der Waals surface area contributed by atoms with E-state index in [0.717, 1.165) is 43.1 Å². The maximum absolute atomic E-state index is 13.5. The zero-order valence-corrected chi connectivity index (χ0v) is 13.1. The van der Waals surface area contributed by atoms with Crippen molar-refractivity contribution in [3.05, 3.63) is 58.9 Å². The summed E-state index contributed by atoms with van der Waals surface area (Å²) in [5.41, 5.74) is 3.66. The fourth-order valence-electron chi connectivity index (χ4n) is 3.17. The Labute approximate surface area is 134 Å². The first-order chi connectivity index (χ1) is 10.8. The van der Waals surface area contributed by atoms with Gasteiger partial charge in [-0.2, -0.15) is 0 Å². The van der Waals surface area contributed by atoms with Crippen molar-refractivity contribution < 1.29 is 9.13 Å². The molecule has 0 fully saturated rings. The van der Waals surface area contributed by atoms with Gasteiger partial charge in [-0.15, -0.1) is 11.8 Å². The van der Waals surface area contributed by atoms with E-state index in [4.69, 9.17) is 4.74 Å². The van der Waals surface area contributed by atoms with Gasteiger partial charge in [0, 0.05) is 23.9 Å². The molecule has 1 atom stereocenters. The second-order valence-corrected chi connectivity index (χ2v) is 6.93. The fourth-order valence-corrected chi connectivity index (χ4v) is 4.27. The van der Waals surface area contributed by atoms with E-state index in [1.807, 2.05) is 17.8 Å². The van der Waals surface area contributed by atoms with Crippen molar-refractivity contribution in [2.45, 2.75) is 30.3 Å². The number of nitrogens with one attached hydrogen (secondary N) is 1. The van der Waals surface area contributed by atoms with E-state index in [1.165, 1.54) is 16.0 Å². The quantitative estimate of drug-likeness (QED) is 0.922. The first-order valence-corrected chi connectivity index (χ1v) is 8.68. The largest absolute Gasteiger partial charge is 0.493 e. The molecule has 2 aromatic carbocycles. The van der Waals surface area contributed by atoms with E-state index >= 15 is 0 Å². The fraction of sp³-hybridized carbons (Fsp3) is 0.333. The van der Waals surface area contributed by atoms with Gasteiger partial charge in [-0.05, 0) is 53.1 Å². The van der Waals surface area contributed by atoms with E-state index in [2.05, 4.69) is 23.5 Å². The summed E-state index contributed by atoms with van der Waals surface area (Å²) in [5, 5.41) is 3.59. The van der Waals surface area contributed by atoms with Gasteiger partial charge in [-0.3, -0.25) is 0 Å². The molecule has 114 valence electrons. The van der Waals surface area contributed by atoms with Gasteiger partial charge in [-0.25, -0.2) is 4.39 Å². The van der Waals surface area contributed by atoms with Crippen molar-refractivity contribution in [3.8, 4) is 5.75 Å². The summed E-state index contributed by atoms with van der Waals surface area (Å²) in [6.07, 6.45) is 2.03. The Kier molecular flexibility index (Phi) is 3.80. The number of benzene rings is 2. The molecule has 0 amide bonds. The zero-order valence-electron chi connectivity index (χ0n) is 12.3. The van der Waals surface area contributed by atoms with Crippen LogP contribution in [0.3, 0.4) is 0 Å². The van der Waals surface area contributed by atoms with Crippen molar-refractivity contribution >= 4 is 11.8 Å². The smallest absolute Gasteiger partial charge is 0.123 e. The maximum atomic E-state index is 13.5. The van der Waals surface area contributed by atoms with E-state index < -0.39 is 0 Å². The Morgan fingerprint density at radius 2 is 2.18 bits per heavy atom. The molecule has 0 saturated carbocycles. The summed E-state index contributed by atoms with van der Waals surface area (Å²) < 4.78 is 19.1. The van der Waals surface area contributed by atoms with Gasteiger partial charge in [0.2, 0.25) is 0 Å². The number of hydrogen-bond donors (Lipinski definition) is 1. The minimum atomic E-state index is -0.150. The van der Waals surface area contributed by atoms with Crippen LogP contribution in [-0.2, 0) is 13.0 Å². The number of thioether (sulfide) groups is 1. The minimum absolute atomic E-state index is 0.150.